The highest BCUT2D eigenvalue weighted by Crippen LogP contribution is 2.17. The van der Waals surface area contributed by atoms with Crippen molar-refractivity contribution in [3.05, 3.63) is 34.4 Å². The van der Waals surface area contributed by atoms with Crippen molar-refractivity contribution in [3.63, 3.8) is 0 Å². The van der Waals surface area contributed by atoms with Crippen LogP contribution in [0.4, 0.5) is 0 Å². The van der Waals surface area contributed by atoms with Crippen molar-refractivity contribution in [1.29, 1.82) is 0 Å². The van der Waals surface area contributed by atoms with Gasteiger partial charge in [-0.15, -0.1) is 0 Å². The summed E-state index contributed by atoms with van der Waals surface area (Å²) in [5.41, 5.74) is 4.20. The number of hydrogen-bond acceptors (Lipinski definition) is 3. The molecule has 3 heteroatoms. The minimum Gasteiger partial charge on any atom is -0.383 e. The quantitative estimate of drug-likeness (QED) is 0.725. The first kappa shape index (κ1) is 14.9. The summed E-state index contributed by atoms with van der Waals surface area (Å²) in [5, 5.41) is 0. The molecule has 0 radical (unpaired) electrons. The van der Waals surface area contributed by atoms with E-state index in [2.05, 4.69) is 19.1 Å². The van der Waals surface area contributed by atoms with E-state index in [0.29, 0.717) is 13.2 Å². The number of benzene rings is 1. The Bertz CT molecular complexity index is 403. The molecule has 0 bridgehead atoms. The molecule has 0 aromatic heterocycles. The van der Waals surface area contributed by atoms with Gasteiger partial charge in [0, 0.05) is 19.2 Å². The zero-order chi connectivity index (χ0) is 13.7. The summed E-state index contributed by atoms with van der Waals surface area (Å²) >= 11 is 0. The fraction of sp³-hybridized carbons (Fsp3) is 0.533. The van der Waals surface area contributed by atoms with Crippen molar-refractivity contribution in [3.8, 4) is 0 Å². The predicted octanol–water partition coefficient (Wildman–Crippen LogP) is 2.37. The number of ketones is 1. The third-order valence-electron chi connectivity index (χ3n) is 3.05. The van der Waals surface area contributed by atoms with Crippen molar-refractivity contribution >= 4 is 5.78 Å². The first-order chi connectivity index (χ1) is 8.45. The Labute approximate surface area is 110 Å². The molecule has 18 heavy (non-hydrogen) atoms. The Kier molecular flexibility index (Phi) is 5.51. The maximum atomic E-state index is 12.3. The first-order valence-corrected chi connectivity index (χ1v) is 6.24. The molecule has 0 spiro atoms. The zero-order valence-electron chi connectivity index (χ0n) is 12.0. The molecule has 1 aromatic carbocycles. The molecule has 0 heterocycles. The number of rotatable bonds is 6. The zero-order valence-corrected chi connectivity index (χ0v) is 12.0. The van der Waals surface area contributed by atoms with Crippen LogP contribution in [0.2, 0.25) is 0 Å². The molecule has 1 rings (SSSR count). The van der Waals surface area contributed by atoms with Gasteiger partial charge in [0.25, 0.3) is 0 Å². The van der Waals surface area contributed by atoms with Crippen molar-refractivity contribution in [2.75, 3.05) is 33.9 Å². The summed E-state index contributed by atoms with van der Waals surface area (Å²) in [5.74, 6) is 0.184. The monoisotopic (exact) mass is 249 g/mol. The van der Waals surface area contributed by atoms with E-state index >= 15 is 0 Å². The van der Waals surface area contributed by atoms with Gasteiger partial charge in [0.1, 0.15) is 0 Å². The Morgan fingerprint density at radius 1 is 1.22 bits per heavy atom. The maximum Gasteiger partial charge on any atom is 0.177 e. The highest BCUT2D eigenvalue weighted by atomic mass is 16.5. The Balaban J connectivity index is 2.78. The van der Waals surface area contributed by atoms with Gasteiger partial charge in [-0.3, -0.25) is 9.69 Å². The number of nitrogens with zero attached hydrogens (tertiary/aromatic N) is 1. The summed E-state index contributed by atoms with van der Waals surface area (Å²) in [6.07, 6.45) is 0. The fourth-order valence-corrected chi connectivity index (χ4v) is 2.27. The van der Waals surface area contributed by atoms with E-state index in [1.807, 2.05) is 25.8 Å². The molecule has 0 aliphatic rings. The van der Waals surface area contributed by atoms with Gasteiger partial charge < -0.3 is 4.74 Å². The summed E-state index contributed by atoms with van der Waals surface area (Å²) < 4.78 is 5.01. The molecule has 0 aliphatic heterocycles. The standard InChI is InChI=1S/C15H23NO2/c1-11-8-12(2)15(13(3)9-11)14(17)10-16(4)6-7-18-5/h8-9H,6-7,10H2,1-5H3. The van der Waals surface area contributed by atoms with Crippen LogP contribution >= 0.6 is 0 Å². The molecule has 0 N–H and O–H groups in total. The molecule has 0 saturated heterocycles. The topological polar surface area (TPSA) is 29.5 Å². The van der Waals surface area contributed by atoms with E-state index in [1.54, 1.807) is 7.11 Å². The number of hydrogen-bond donors (Lipinski definition) is 0. The molecule has 100 valence electrons. The average Bonchev–Trinajstić information content (AvgIpc) is 2.24. The number of methoxy groups -OCH3 is 1. The van der Waals surface area contributed by atoms with Gasteiger partial charge in [-0.25, -0.2) is 0 Å². The summed E-state index contributed by atoms with van der Waals surface area (Å²) in [6.45, 7) is 7.92. The van der Waals surface area contributed by atoms with Crippen LogP contribution < -0.4 is 0 Å². The van der Waals surface area contributed by atoms with Crippen molar-refractivity contribution < 1.29 is 9.53 Å². The van der Waals surface area contributed by atoms with Crippen LogP contribution in [0.25, 0.3) is 0 Å². The molecule has 1 aromatic rings. The molecule has 3 nitrogen and oxygen atoms in total. The second-order valence-corrected chi connectivity index (χ2v) is 4.93. The second kappa shape index (κ2) is 6.66. The fourth-order valence-electron chi connectivity index (χ4n) is 2.27. The van der Waals surface area contributed by atoms with E-state index in [9.17, 15) is 4.79 Å². The lowest BCUT2D eigenvalue weighted by Gasteiger charge is -2.17. The Hall–Kier alpha value is -1.19. The number of ether oxygens (including phenoxy) is 1. The van der Waals surface area contributed by atoms with Crippen LogP contribution in [0.15, 0.2) is 12.1 Å². The summed E-state index contributed by atoms with van der Waals surface area (Å²) in [6, 6.07) is 4.13. The molecule has 0 amide bonds. The third-order valence-corrected chi connectivity index (χ3v) is 3.05. The van der Waals surface area contributed by atoms with Crippen LogP contribution in [0.3, 0.4) is 0 Å². The van der Waals surface area contributed by atoms with E-state index < -0.39 is 0 Å². The predicted molar refractivity (Wildman–Crippen MR) is 74.4 cm³/mol. The number of likely N-dealkylation sites (N-methyl/N-ethyl adjacent to an activating group) is 1. The molecular formula is C15H23NO2. The minimum atomic E-state index is 0.184. The summed E-state index contributed by atoms with van der Waals surface area (Å²) in [7, 11) is 3.61. The van der Waals surface area contributed by atoms with Crippen LogP contribution in [0.5, 0.6) is 0 Å². The lowest BCUT2D eigenvalue weighted by molar-refractivity contribution is 0.0921. The molecule has 0 saturated carbocycles. The third kappa shape index (κ3) is 3.93. The smallest absolute Gasteiger partial charge is 0.177 e. The van der Waals surface area contributed by atoms with Gasteiger partial charge in [-0.05, 0) is 38.9 Å². The normalized spacial score (nSPS) is 11.0. The Morgan fingerprint density at radius 2 is 1.78 bits per heavy atom. The van der Waals surface area contributed by atoms with Crippen molar-refractivity contribution in [2.24, 2.45) is 0 Å². The van der Waals surface area contributed by atoms with E-state index in [1.165, 1.54) is 5.56 Å². The minimum absolute atomic E-state index is 0.184. The largest absolute Gasteiger partial charge is 0.383 e. The van der Waals surface area contributed by atoms with Crippen molar-refractivity contribution in [1.82, 2.24) is 4.90 Å². The van der Waals surface area contributed by atoms with E-state index in [0.717, 1.165) is 23.2 Å². The lowest BCUT2D eigenvalue weighted by Crippen LogP contribution is -2.29. The SMILES string of the molecule is COCCN(C)CC(=O)c1c(C)cc(C)cc1C. The van der Waals surface area contributed by atoms with Gasteiger partial charge in [0.2, 0.25) is 0 Å². The molecule has 0 unspecified atom stereocenters. The highest BCUT2D eigenvalue weighted by molar-refractivity contribution is 6.00. The number of Topliss-reactive ketones (excluding diaryl/α,β-unsaturated/α-hetero) is 1. The summed E-state index contributed by atoms with van der Waals surface area (Å²) in [4.78, 5) is 14.3. The number of carbonyl (C=O) groups excluding carboxylic acids is 1. The van der Waals surface area contributed by atoms with Gasteiger partial charge >= 0.3 is 0 Å². The van der Waals surface area contributed by atoms with Crippen LogP contribution in [0.1, 0.15) is 27.0 Å². The number of carbonyl (C=O) groups is 1. The average molecular weight is 249 g/mol. The molecular weight excluding hydrogens is 226 g/mol. The van der Waals surface area contributed by atoms with E-state index in [4.69, 9.17) is 4.74 Å². The van der Waals surface area contributed by atoms with Gasteiger partial charge in [0.05, 0.1) is 13.2 Å². The molecule has 0 aliphatic carbocycles. The number of aryl methyl sites for hydroxylation is 3. The highest BCUT2D eigenvalue weighted by Gasteiger charge is 2.14. The van der Waals surface area contributed by atoms with Gasteiger partial charge in [0.15, 0.2) is 5.78 Å². The van der Waals surface area contributed by atoms with Gasteiger partial charge in [-0.1, -0.05) is 17.7 Å². The Morgan fingerprint density at radius 3 is 2.28 bits per heavy atom. The van der Waals surface area contributed by atoms with Crippen LogP contribution in [-0.2, 0) is 4.74 Å². The lowest BCUT2D eigenvalue weighted by atomic mass is 9.96. The van der Waals surface area contributed by atoms with Crippen LogP contribution in [0, 0.1) is 20.8 Å². The molecule has 0 atom stereocenters. The van der Waals surface area contributed by atoms with E-state index in [-0.39, 0.29) is 5.78 Å². The maximum absolute atomic E-state index is 12.3. The second-order valence-electron chi connectivity index (χ2n) is 4.93. The molecule has 0 fully saturated rings. The van der Waals surface area contributed by atoms with Gasteiger partial charge in [-0.2, -0.15) is 0 Å². The van der Waals surface area contributed by atoms with Crippen LogP contribution in [-0.4, -0.2) is 44.5 Å². The first-order valence-electron chi connectivity index (χ1n) is 6.24. The van der Waals surface area contributed by atoms with Crippen molar-refractivity contribution in [2.45, 2.75) is 20.8 Å².